The molecule has 154 valence electrons. The molecule has 1 N–H and O–H groups in total. The molecule has 2 heterocycles. The number of hydrogen-bond donors (Lipinski definition) is 1. The Hall–Kier alpha value is -2.68. The van der Waals surface area contributed by atoms with Gasteiger partial charge in [0, 0.05) is 27.6 Å². The number of carbonyl (C=O) groups is 1. The van der Waals surface area contributed by atoms with Gasteiger partial charge in [-0.05, 0) is 53.4 Å². The second kappa shape index (κ2) is 8.22. The van der Waals surface area contributed by atoms with Crippen LogP contribution in [0.4, 0.5) is 5.69 Å². The van der Waals surface area contributed by atoms with E-state index in [1.807, 2.05) is 23.6 Å². The molecular formula is C21H18ClN3O3S2. The van der Waals surface area contributed by atoms with Crippen molar-refractivity contribution in [2.24, 2.45) is 5.10 Å². The molecule has 1 aliphatic rings. The minimum absolute atomic E-state index is 0.217. The summed E-state index contributed by atoms with van der Waals surface area (Å²) in [5.74, 6) is -0.217. The van der Waals surface area contributed by atoms with Gasteiger partial charge in [0.15, 0.2) is 0 Å². The van der Waals surface area contributed by atoms with Crippen LogP contribution in [0.3, 0.4) is 0 Å². The zero-order valence-electron chi connectivity index (χ0n) is 15.9. The molecule has 1 atom stereocenters. The van der Waals surface area contributed by atoms with E-state index >= 15 is 0 Å². The van der Waals surface area contributed by atoms with Crippen molar-refractivity contribution < 1.29 is 13.2 Å². The van der Waals surface area contributed by atoms with Gasteiger partial charge < -0.3 is 0 Å². The van der Waals surface area contributed by atoms with E-state index < -0.39 is 10.0 Å². The maximum absolute atomic E-state index is 13.2. The third-order valence-electron chi connectivity index (χ3n) is 4.58. The van der Waals surface area contributed by atoms with Crippen LogP contribution in [0.1, 0.15) is 33.3 Å². The fourth-order valence-electron chi connectivity index (χ4n) is 3.28. The molecule has 1 aromatic heterocycles. The van der Waals surface area contributed by atoms with Gasteiger partial charge in [-0.1, -0.05) is 29.8 Å². The lowest BCUT2D eigenvalue weighted by Gasteiger charge is -2.20. The molecule has 0 bridgehead atoms. The Morgan fingerprint density at radius 3 is 2.60 bits per heavy atom. The molecule has 0 fully saturated rings. The van der Waals surface area contributed by atoms with Crippen molar-refractivity contribution in [1.82, 2.24) is 5.01 Å². The monoisotopic (exact) mass is 459 g/mol. The van der Waals surface area contributed by atoms with Crippen LogP contribution in [0.5, 0.6) is 0 Å². The summed E-state index contributed by atoms with van der Waals surface area (Å²) in [7, 11) is -3.39. The van der Waals surface area contributed by atoms with E-state index in [1.165, 1.54) is 5.01 Å². The van der Waals surface area contributed by atoms with Crippen molar-refractivity contribution in [2.45, 2.75) is 12.5 Å². The summed E-state index contributed by atoms with van der Waals surface area (Å²) in [6.45, 7) is 0. The lowest BCUT2D eigenvalue weighted by Crippen LogP contribution is -2.26. The summed E-state index contributed by atoms with van der Waals surface area (Å²) in [4.78, 5) is 14.2. The number of hydrazone groups is 1. The molecule has 0 saturated carbocycles. The van der Waals surface area contributed by atoms with E-state index in [-0.39, 0.29) is 11.9 Å². The molecule has 30 heavy (non-hydrogen) atoms. The van der Waals surface area contributed by atoms with E-state index in [0.717, 1.165) is 16.7 Å². The van der Waals surface area contributed by atoms with Crippen LogP contribution in [0.2, 0.25) is 5.02 Å². The SMILES string of the molecule is CS(=O)(=O)Nc1cccc(C2=NN(C(=O)c3ccc(Cl)cc3)[C@@H](c3cccs3)C2)c1. The van der Waals surface area contributed by atoms with Crippen molar-refractivity contribution in [2.75, 3.05) is 11.0 Å². The van der Waals surface area contributed by atoms with Crippen LogP contribution in [0, 0.1) is 0 Å². The number of amides is 1. The Balaban J connectivity index is 1.69. The van der Waals surface area contributed by atoms with E-state index in [1.54, 1.807) is 53.8 Å². The highest BCUT2D eigenvalue weighted by atomic mass is 35.5. The van der Waals surface area contributed by atoms with Gasteiger partial charge in [-0.3, -0.25) is 9.52 Å². The second-order valence-corrected chi connectivity index (χ2v) is 10.1. The number of nitrogens with one attached hydrogen (secondary N) is 1. The molecular weight excluding hydrogens is 442 g/mol. The van der Waals surface area contributed by atoms with Gasteiger partial charge >= 0.3 is 0 Å². The van der Waals surface area contributed by atoms with Crippen LogP contribution in [-0.4, -0.2) is 31.3 Å². The normalized spacial score (nSPS) is 16.4. The van der Waals surface area contributed by atoms with Crippen molar-refractivity contribution in [3.63, 3.8) is 0 Å². The number of benzene rings is 2. The first-order chi connectivity index (χ1) is 14.3. The number of nitrogens with zero attached hydrogens (tertiary/aromatic N) is 2. The molecule has 1 aliphatic heterocycles. The number of thiophene rings is 1. The van der Waals surface area contributed by atoms with Crippen molar-refractivity contribution in [3.05, 3.63) is 87.1 Å². The summed E-state index contributed by atoms with van der Waals surface area (Å²) in [5, 5.41) is 8.65. The Kier molecular flexibility index (Phi) is 5.64. The van der Waals surface area contributed by atoms with Crippen LogP contribution >= 0.6 is 22.9 Å². The van der Waals surface area contributed by atoms with Gasteiger partial charge in [0.1, 0.15) is 0 Å². The van der Waals surface area contributed by atoms with Crippen LogP contribution < -0.4 is 4.72 Å². The minimum atomic E-state index is -3.39. The predicted molar refractivity (Wildman–Crippen MR) is 121 cm³/mol. The number of halogens is 1. The summed E-state index contributed by atoms with van der Waals surface area (Å²) >= 11 is 7.52. The Morgan fingerprint density at radius 2 is 1.93 bits per heavy atom. The summed E-state index contributed by atoms with van der Waals surface area (Å²) < 4.78 is 25.6. The fraction of sp³-hybridized carbons (Fsp3) is 0.143. The molecule has 0 aliphatic carbocycles. The molecule has 1 amide bonds. The third kappa shape index (κ3) is 4.56. The first-order valence-corrected chi connectivity index (χ1v) is 12.2. The summed E-state index contributed by atoms with van der Waals surface area (Å²) in [5.41, 5.74) is 2.43. The van der Waals surface area contributed by atoms with E-state index in [0.29, 0.717) is 28.4 Å². The second-order valence-electron chi connectivity index (χ2n) is 6.89. The van der Waals surface area contributed by atoms with E-state index in [9.17, 15) is 13.2 Å². The molecule has 2 aromatic carbocycles. The molecule has 9 heteroatoms. The number of rotatable bonds is 5. The lowest BCUT2D eigenvalue weighted by molar-refractivity contribution is 0.0714. The van der Waals surface area contributed by atoms with Gasteiger partial charge in [0.25, 0.3) is 5.91 Å². The van der Waals surface area contributed by atoms with Gasteiger partial charge in [-0.25, -0.2) is 13.4 Å². The maximum atomic E-state index is 13.2. The highest BCUT2D eigenvalue weighted by Gasteiger charge is 2.34. The molecule has 0 radical (unpaired) electrons. The molecule has 0 saturated heterocycles. The molecule has 3 aromatic rings. The summed E-state index contributed by atoms with van der Waals surface area (Å²) in [6.07, 6.45) is 1.63. The van der Waals surface area contributed by atoms with Gasteiger partial charge in [0.2, 0.25) is 10.0 Å². The zero-order chi connectivity index (χ0) is 21.3. The average molecular weight is 460 g/mol. The average Bonchev–Trinajstić information content (AvgIpc) is 3.37. The number of carbonyl (C=O) groups excluding carboxylic acids is 1. The smallest absolute Gasteiger partial charge is 0.274 e. The molecule has 0 unspecified atom stereocenters. The Morgan fingerprint density at radius 1 is 1.17 bits per heavy atom. The third-order valence-corrected chi connectivity index (χ3v) is 6.41. The first-order valence-electron chi connectivity index (χ1n) is 9.08. The summed E-state index contributed by atoms with van der Waals surface area (Å²) in [6, 6.07) is 17.4. The predicted octanol–water partition coefficient (Wildman–Crippen LogP) is 4.76. The standard InChI is InChI=1S/C21H18ClN3O3S2/c1-30(27,28)24-17-5-2-4-15(12-17)18-13-19(20-6-3-11-29-20)25(23-18)21(26)14-7-9-16(22)10-8-14/h2-12,19,24H,13H2,1H3/t19-/m1/s1. The van der Waals surface area contributed by atoms with Crippen LogP contribution in [-0.2, 0) is 10.0 Å². The number of hydrogen-bond acceptors (Lipinski definition) is 5. The number of anilines is 1. The van der Waals surface area contributed by atoms with Crippen LogP contribution in [0.15, 0.2) is 71.1 Å². The van der Waals surface area contributed by atoms with E-state index in [2.05, 4.69) is 9.82 Å². The molecule has 0 spiro atoms. The van der Waals surface area contributed by atoms with Gasteiger partial charge in [-0.15, -0.1) is 11.3 Å². The fourth-order valence-corrected chi connectivity index (χ4v) is 4.77. The molecule has 6 nitrogen and oxygen atoms in total. The largest absolute Gasteiger partial charge is 0.284 e. The lowest BCUT2D eigenvalue weighted by atomic mass is 10.0. The Bertz CT molecular complexity index is 1210. The van der Waals surface area contributed by atoms with Crippen molar-refractivity contribution in [3.8, 4) is 0 Å². The highest BCUT2D eigenvalue weighted by Crippen LogP contribution is 2.36. The van der Waals surface area contributed by atoms with Gasteiger partial charge in [0.05, 0.1) is 18.0 Å². The topological polar surface area (TPSA) is 78.8 Å². The van der Waals surface area contributed by atoms with Crippen LogP contribution in [0.25, 0.3) is 0 Å². The zero-order valence-corrected chi connectivity index (χ0v) is 18.3. The first kappa shape index (κ1) is 20.6. The Labute approximate surface area is 183 Å². The molecule has 4 rings (SSSR count). The minimum Gasteiger partial charge on any atom is -0.284 e. The van der Waals surface area contributed by atoms with Gasteiger partial charge in [-0.2, -0.15) is 5.10 Å². The van der Waals surface area contributed by atoms with E-state index in [4.69, 9.17) is 11.6 Å². The van der Waals surface area contributed by atoms with Crippen molar-refractivity contribution >= 4 is 50.3 Å². The highest BCUT2D eigenvalue weighted by molar-refractivity contribution is 7.92. The maximum Gasteiger partial charge on any atom is 0.274 e. The van der Waals surface area contributed by atoms with Crippen molar-refractivity contribution in [1.29, 1.82) is 0 Å². The quantitative estimate of drug-likeness (QED) is 0.597. The number of sulfonamides is 1.